The molecule has 0 saturated carbocycles. The molecule has 6 heteroatoms. The van der Waals surface area contributed by atoms with Gasteiger partial charge in [0.25, 0.3) is 5.69 Å². The van der Waals surface area contributed by atoms with E-state index in [-0.39, 0.29) is 18.9 Å². The number of nitro groups is 1. The molecule has 0 aliphatic heterocycles. The van der Waals surface area contributed by atoms with E-state index in [1.54, 1.807) is 17.0 Å². The van der Waals surface area contributed by atoms with Crippen LogP contribution in [-0.2, 0) is 6.61 Å². The second kappa shape index (κ2) is 6.17. The lowest BCUT2D eigenvalue weighted by molar-refractivity contribution is -0.384. The van der Waals surface area contributed by atoms with Crippen LogP contribution in [-0.4, -0.2) is 34.8 Å². The molecule has 1 rings (SSSR count). The lowest BCUT2D eigenvalue weighted by Gasteiger charge is -2.21. The SMILES string of the molecule is CCN(CCO)c1ccc(CO)cc1[N+](=O)[O-]. The van der Waals surface area contributed by atoms with Crippen molar-refractivity contribution in [3.8, 4) is 0 Å². The standard InChI is InChI=1S/C11H16N2O4/c1-2-12(5-6-14)10-4-3-9(8-15)7-11(10)13(16)17/h3-4,7,14-15H,2,5-6,8H2,1H3. The first-order valence-electron chi connectivity index (χ1n) is 5.38. The topological polar surface area (TPSA) is 86.8 Å². The Hall–Kier alpha value is -1.66. The average Bonchev–Trinajstić information content (AvgIpc) is 2.35. The number of benzene rings is 1. The molecule has 0 unspecified atom stereocenters. The highest BCUT2D eigenvalue weighted by Crippen LogP contribution is 2.29. The molecule has 0 amide bonds. The molecule has 0 aromatic heterocycles. The molecule has 0 heterocycles. The third kappa shape index (κ3) is 3.15. The van der Waals surface area contributed by atoms with Crippen LogP contribution in [0.3, 0.4) is 0 Å². The van der Waals surface area contributed by atoms with Crippen molar-refractivity contribution in [2.75, 3.05) is 24.6 Å². The van der Waals surface area contributed by atoms with Crippen molar-refractivity contribution in [2.24, 2.45) is 0 Å². The highest BCUT2D eigenvalue weighted by Gasteiger charge is 2.18. The van der Waals surface area contributed by atoms with Crippen molar-refractivity contribution in [3.63, 3.8) is 0 Å². The number of hydrogen-bond acceptors (Lipinski definition) is 5. The first kappa shape index (κ1) is 13.4. The quantitative estimate of drug-likeness (QED) is 0.570. The van der Waals surface area contributed by atoms with Crippen molar-refractivity contribution in [1.82, 2.24) is 0 Å². The van der Waals surface area contributed by atoms with Crippen molar-refractivity contribution in [3.05, 3.63) is 33.9 Å². The van der Waals surface area contributed by atoms with Crippen LogP contribution in [0.4, 0.5) is 11.4 Å². The third-order valence-electron chi connectivity index (χ3n) is 2.51. The molecule has 94 valence electrons. The maximum Gasteiger partial charge on any atom is 0.292 e. The zero-order chi connectivity index (χ0) is 12.8. The lowest BCUT2D eigenvalue weighted by atomic mass is 10.1. The highest BCUT2D eigenvalue weighted by atomic mass is 16.6. The summed E-state index contributed by atoms with van der Waals surface area (Å²) in [7, 11) is 0. The number of likely N-dealkylation sites (N-methyl/N-ethyl adjacent to an activating group) is 1. The second-order valence-electron chi connectivity index (χ2n) is 3.54. The number of aliphatic hydroxyl groups is 2. The van der Waals surface area contributed by atoms with Crippen molar-refractivity contribution in [2.45, 2.75) is 13.5 Å². The molecule has 1 aromatic rings. The Labute approximate surface area is 99.3 Å². The largest absolute Gasteiger partial charge is 0.395 e. The van der Waals surface area contributed by atoms with Crippen LogP contribution in [0, 0.1) is 10.1 Å². The van der Waals surface area contributed by atoms with Crippen molar-refractivity contribution in [1.29, 1.82) is 0 Å². The summed E-state index contributed by atoms with van der Waals surface area (Å²) in [6, 6.07) is 4.60. The summed E-state index contributed by atoms with van der Waals surface area (Å²) < 4.78 is 0. The van der Waals surface area contributed by atoms with Gasteiger partial charge in [0.05, 0.1) is 18.1 Å². The Balaban J connectivity index is 3.16. The Morgan fingerprint density at radius 3 is 2.59 bits per heavy atom. The number of nitrogens with zero attached hydrogens (tertiary/aromatic N) is 2. The molecule has 0 saturated heterocycles. The van der Waals surface area contributed by atoms with Gasteiger partial charge in [0.2, 0.25) is 0 Å². The normalized spacial score (nSPS) is 10.3. The summed E-state index contributed by atoms with van der Waals surface area (Å²) in [5, 5.41) is 28.8. The molecule has 0 aliphatic carbocycles. The average molecular weight is 240 g/mol. The molecule has 6 nitrogen and oxygen atoms in total. The minimum Gasteiger partial charge on any atom is -0.395 e. The van der Waals surface area contributed by atoms with E-state index < -0.39 is 4.92 Å². The molecule has 2 N–H and O–H groups in total. The predicted octanol–water partition coefficient (Wildman–Crippen LogP) is 0.906. The summed E-state index contributed by atoms with van der Waals surface area (Å²) in [5.74, 6) is 0. The molecule has 17 heavy (non-hydrogen) atoms. The monoisotopic (exact) mass is 240 g/mol. The van der Waals surface area contributed by atoms with Crippen LogP contribution in [0.5, 0.6) is 0 Å². The molecule has 1 aromatic carbocycles. The van der Waals surface area contributed by atoms with Crippen LogP contribution in [0.1, 0.15) is 12.5 Å². The molecular weight excluding hydrogens is 224 g/mol. The van der Waals surface area contributed by atoms with Gasteiger partial charge in [-0.2, -0.15) is 0 Å². The summed E-state index contributed by atoms with van der Waals surface area (Å²) in [6.45, 7) is 2.48. The van der Waals surface area contributed by atoms with Gasteiger partial charge in [-0.25, -0.2) is 0 Å². The second-order valence-corrected chi connectivity index (χ2v) is 3.54. The van der Waals surface area contributed by atoms with Crippen molar-refractivity contribution >= 4 is 11.4 Å². The molecule has 0 atom stereocenters. The Kier molecular flexibility index (Phi) is 4.86. The van der Waals surface area contributed by atoms with Gasteiger partial charge >= 0.3 is 0 Å². The van der Waals surface area contributed by atoms with E-state index in [2.05, 4.69) is 0 Å². The van der Waals surface area contributed by atoms with E-state index in [4.69, 9.17) is 10.2 Å². The van der Waals surface area contributed by atoms with Crippen LogP contribution in [0.25, 0.3) is 0 Å². The number of anilines is 1. The number of rotatable bonds is 6. The smallest absolute Gasteiger partial charge is 0.292 e. The first-order chi connectivity index (χ1) is 8.13. The number of hydrogen-bond donors (Lipinski definition) is 2. The predicted molar refractivity (Wildman–Crippen MR) is 64.0 cm³/mol. The van der Waals surface area contributed by atoms with Gasteiger partial charge in [-0.1, -0.05) is 6.07 Å². The van der Waals surface area contributed by atoms with E-state index >= 15 is 0 Å². The maximum absolute atomic E-state index is 10.9. The van der Waals surface area contributed by atoms with Gasteiger partial charge < -0.3 is 15.1 Å². The maximum atomic E-state index is 10.9. The zero-order valence-corrected chi connectivity index (χ0v) is 9.67. The Morgan fingerprint density at radius 2 is 2.12 bits per heavy atom. The van der Waals surface area contributed by atoms with Crippen LogP contribution in [0.15, 0.2) is 18.2 Å². The van der Waals surface area contributed by atoms with Gasteiger partial charge in [-0.15, -0.1) is 0 Å². The molecule has 0 aliphatic rings. The van der Waals surface area contributed by atoms with Crippen LogP contribution in [0.2, 0.25) is 0 Å². The van der Waals surface area contributed by atoms with E-state index in [0.717, 1.165) is 0 Å². The van der Waals surface area contributed by atoms with Gasteiger partial charge in [-0.3, -0.25) is 10.1 Å². The molecule has 0 bridgehead atoms. The van der Waals surface area contributed by atoms with Crippen LogP contribution >= 0.6 is 0 Å². The van der Waals surface area contributed by atoms with E-state index in [1.165, 1.54) is 6.07 Å². The first-order valence-corrected chi connectivity index (χ1v) is 5.38. The fraction of sp³-hybridized carbons (Fsp3) is 0.455. The summed E-state index contributed by atoms with van der Waals surface area (Å²) in [5.41, 5.74) is 0.913. The van der Waals surface area contributed by atoms with E-state index in [9.17, 15) is 10.1 Å². The van der Waals surface area contributed by atoms with E-state index in [1.807, 2.05) is 6.92 Å². The Morgan fingerprint density at radius 1 is 1.41 bits per heavy atom. The summed E-state index contributed by atoms with van der Waals surface area (Å²) in [6.07, 6.45) is 0. The Bertz CT molecular complexity index is 395. The fourth-order valence-corrected chi connectivity index (χ4v) is 1.65. The minimum atomic E-state index is -0.478. The molecule has 0 spiro atoms. The number of aliphatic hydroxyl groups excluding tert-OH is 2. The molecular formula is C11H16N2O4. The number of nitro benzene ring substituents is 1. The van der Waals surface area contributed by atoms with Crippen LogP contribution < -0.4 is 4.90 Å². The van der Waals surface area contributed by atoms with Gasteiger partial charge in [0, 0.05) is 19.2 Å². The molecule has 0 radical (unpaired) electrons. The minimum absolute atomic E-state index is 0.0492. The van der Waals surface area contributed by atoms with E-state index in [0.29, 0.717) is 24.3 Å². The highest BCUT2D eigenvalue weighted by molar-refractivity contribution is 5.64. The summed E-state index contributed by atoms with van der Waals surface area (Å²) >= 11 is 0. The zero-order valence-electron chi connectivity index (χ0n) is 9.67. The van der Waals surface area contributed by atoms with Gasteiger partial charge in [0.15, 0.2) is 0 Å². The summed E-state index contributed by atoms with van der Waals surface area (Å²) in [4.78, 5) is 12.2. The van der Waals surface area contributed by atoms with Gasteiger partial charge in [0.1, 0.15) is 5.69 Å². The third-order valence-corrected chi connectivity index (χ3v) is 2.51. The fourth-order valence-electron chi connectivity index (χ4n) is 1.65. The van der Waals surface area contributed by atoms with Crippen molar-refractivity contribution < 1.29 is 15.1 Å². The molecule has 0 fully saturated rings. The van der Waals surface area contributed by atoms with Gasteiger partial charge in [-0.05, 0) is 18.6 Å². The lowest BCUT2D eigenvalue weighted by Crippen LogP contribution is -2.26.